The van der Waals surface area contributed by atoms with Crippen LogP contribution in [0, 0.1) is 11.6 Å². The van der Waals surface area contributed by atoms with Crippen LogP contribution < -0.4 is 17.3 Å². The van der Waals surface area contributed by atoms with Crippen LogP contribution in [0.1, 0.15) is 25.8 Å². The molecule has 222 valence electrons. The summed E-state index contributed by atoms with van der Waals surface area (Å²) in [5.74, 6) is -2.15. The number of amides is 2. The van der Waals surface area contributed by atoms with Gasteiger partial charge in [-0.15, -0.1) is 5.10 Å². The Morgan fingerprint density at radius 1 is 1.17 bits per heavy atom. The Morgan fingerprint density at radius 3 is 2.57 bits per heavy atom. The summed E-state index contributed by atoms with van der Waals surface area (Å²) in [4.78, 5) is 29.6. The van der Waals surface area contributed by atoms with Gasteiger partial charge >= 0.3 is 18.3 Å². The maximum Gasteiger partial charge on any atom is 0.547 e. The lowest BCUT2D eigenvalue weighted by atomic mass is 9.85. The van der Waals surface area contributed by atoms with Crippen LogP contribution in [-0.2, 0) is 15.1 Å². The van der Waals surface area contributed by atoms with E-state index >= 15 is 4.39 Å². The number of carbonyl (C=O) groups excluding carboxylic acids is 2. The van der Waals surface area contributed by atoms with Gasteiger partial charge in [-0.05, 0) is 47.7 Å². The number of hydrogen-bond donors (Lipinski definition) is 1. The molecule has 1 saturated heterocycles. The van der Waals surface area contributed by atoms with Gasteiger partial charge in [-0.25, -0.2) is 23.3 Å². The average Bonchev–Trinajstić information content (AvgIpc) is 3.73. The van der Waals surface area contributed by atoms with Crippen LogP contribution >= 0.6 is 0 Å². The van der Waals surface area contributed by atoms with E-state index in [1.807, 2.05) is 0 Å². The molecule has 3 heterocycles. The van der Waals surface area contributed by atoms with Gasteiger partial charge in [0.2, 0.25) is 6.73 Å². The van der Waals surface area contributed by atoms with Crippen LogP contribution in [0.4, 0.5) is 19.3 Å². The van der Waals surface area contributed by atoms with Crippen molar-refractivity contribution in [2.24, 2.45) is 5.10 Å². The third-order valence-corrected chi connectivity index (χ3v) is 7.13. The molecule has 2 atom stereocenters. The van der Waals surface area contributed by atoms with Gasteiger partial charge in [0.15, 0.2) is 6.67 Å². The molecule has 2 aliphatic rings. The number of rotatable bonds is 10. The van der Waals surface area contributed by atoms with Crippen LogP contribution in [0.5, 0.6) is 0 Å². The van der Waals surface area contributed by atoms with E-state index in [-0.39, 0.29) is 50.9 Å². The highest BCUT2D eigenvalue weighted by Crippen LogP contribution is 2.35. The highest BCUT2D eigenvalue weighted by molar-refractivity contribution is 5.94. The lowest BCUT2D eigenvalue weighted by Crippen LogP contribution is -3.00. The Kier molecular flexibility index (Phi) is 9.14. The van der Waals surface area contributed by atoms with Gasteiger partial charge in [0, 0.05) is 36.8 Å². The molecule has 2 aromatic carbocycles. The average molecular weight is 604 g/mol. The zero-order chi connectivity index (χ0) is 29.1. The van der Waals surface area contributed by atoms with Crippen molar-refractivity contribution in [3.05, 3.63) is 66.0 Å². The van der Waals surface area contributed by atoms with E-state index in [0.717, 1.165) is 6.07 Å². The fraction of sp³-hybridized carbons (Fsp3) is 0.385. The molecule has 13 nitrogen and oxygen atoms in total. The van der Waals surface area contributed by atoms with Crippen molar-refractivity contribution >= 4 is 24.0 Å². The number of ether oxygens (including phenoxy) is 1. The van der Waals surface area contributed by atoms with Crippen molar-refractivity contribution in [3.8, 4) is 5.69 Å². The number of aliphatic hydroxyl groups is 1. The van der Waals surface area contributed by atoms with Crippen LogP contribution in [0.15, 0.2) is 53.9 Å². The Hall–Kier alpha value is -4.46. The molecule has 0 spiro atoms. The first-order valence-corrected chi connectivity index (χ1v) is 12.9. The van der Waals surface area contributed by atoms with E-state index in [0.29, 0.717) is 24.0 Å². The summed E-state index contributed by atoms with van der Waals surface area (Å²) in [5, 5.41) is 28.7. The molecule has 1 fully saturated rings. The minimum absolute atomic E-state index is 0. The summed E-state index contributed by atoms with van der Waals surface area (Å²) in [6.45, 7) is 3.57. The first-order chi connectivity index (χ1) is 19.7. The summed E-state index contributed by atoms with van der Waals surface area (Å²) < 4.78 is 35.5. The van der Waals surface area contributed by atoms with Gasteiger partial charge in [0.25, 0.3) is 0 Å². The highest BCUT2D eigenvalue weighted by atomic mass is 35.5. The number of halogens is 3. The normalized spacial score (nSPS) is 16.7. The van der Waals surface area contributed by atoms with Gasteiger partial charge in [-0.2, -0.15) is 0 Å². The van der Waals surface area contributed by atoms with Gasteiger partial charge in [-0.1, -0.05) is 17.9 Å². The van der Waals surface area contributed by atoms with Crippen LogP contribution in [0.2, 0.25) is 0 Å². The lowest BCUT2D eigenvalue weighted by molar-refractivity contribution is -0.146. The first-order valence-electron chi connectivity index (χ1n) is 12.9. The number of hydrogen-bond acceptors (Lipinski definition) is 10. The molecule has 3 aromatic rings. The van der Waals surface area contributed by atoms with Gasteiger partial charge in [-0.3, -0.25) is 9.69 Å². The molecule has 0 aliphatic carbocycles. The fourth-order valence-corrected chi connectivity index (χ4v) is 4.83. The van der Waals surface area contributed by atoms with Crippen molar-refractivity contribution in [1.82, 2.24) is 35.0 Å². The van der Waals surface area contributed by atoms with Gasteiger partial charge in [0.05, 0.1) is 18.3 Å². The number of aromatic nitrogens is 4. The molecule has 0 radical (unpaired) electrons. The second-order valence-electron chi connectivity index (χ2n) is 9.67. The predicted molar refractivity (Wildman–Crippen MR) is 140 cm³/mol. The quantitative estimate of drug-likeness (QED) is 0.223. The van der Waals surface area contributed by atoms with E-state index in [1.165, 1.54) is 31.9 Å². The number of urea groups is 1. The molecule has 16 heteroatoms. The number of benzene rings is 2. The largest absolute Gasteiger partial charge is 1.00 e. The molecular weight excluding hydrogens is 576 g/mol. The summed E-state index contributed by atoms with van der Waals surface area (Å²) in [6.07, 6.45) is 4.34. The number of carbonyl (C=O) groups is 2. The van der Waals surface area contributed by atoms with Crippen molar-refractivity contribution in [3.63, 3.8) is 0 Å². The predicted octanol–water partition coefficient (Wildman–Crippen LogP) is -1.23. The molecule has 1 aromatic heterocycles. The molecule has 2 amide bonds. The zero-order valence-electron chi connectivity index (χ0n) is 22.8. The monoisotopic (exact) mass is 603 g/mol. The molecule has 1 N–H and O–H groups in total. The standard InChI is InChI=1S/C26H28F2N9O4.ClH/c1-3-24(38)41-17-33-15-30-34(16-33)13-26(40,22-9-4-19(27)12-23(22)28)18(2)35-10-11-36(25(35)39)20-5-7-21(8-6-20)37-14-29-31-32-37;/h4-9,12,14,18,40H,3,10-11,13,16-17H2,1-2H3;1H/q+1;/p-1/t18-,26+;/m1./s1. The lowest BCUT2D eigenvalue weighted by Gasteiger charge is -2.40. The van der Waals surface area contributed by atoms with Crippen LogP contribution in [0.25, 0.3) is 5.69 Å². The minimum atomic E-state index is -2.01. The number of esters is 1. The number of tetrazole rings is 1. The maximum atomic E-state index is 15.1. The van der Waals surface area contributed by atoms with E-state index in [9.17, 15) is 19.1 Å². The Balaban J connectivity index is 0.00000405. The third-order valence-electron chi connectivity index (χ3n) is 7.13. The topological polar surface area (TPSA) is 133 Å². The van der Waals surface area contributed by atoms with E-state index < -0.39 is 35.3 Å². The smallest absolute Gasteiger partial charge is 0.547 e. The van der Waals surface area contributed by atoms with Crippen molar-refractivity contribution < 1.29 is 40.6 Å². The Bertz CT molecular complexity index is 1430. The zero-order valence-corrected chi connectivity index (χ0v) is 23.5. The molecule has 2 aliphatic heterocycles. The summed E-state index contributed by atoms with van der Waals surface area (Å²) in [6, 6.07) is 8.60. The van der Waals surface area contributed by atoms with Crippen molar-refractivity contribution in [1.29, 1.82) is 0 Å². The molecule has 0 unspecified atom stereocenters. The van der Waals surface area contributed by atoms with Crippen molar-refractivity contribution in [2.75, 3.05) is 37.9 Å². The molecule has 42 heavy (non-hydrogen) atoms. The number of anilines is 1. The molecular formula is C26H28ClF2N9O4. The maximum absolute atomic E-state index is 15.1. The van der Waals surface area contributed by atoms with Crippen molar-refractivity contribution in [2.45, 2.75) is 31.9 Å². The molecule has 0 saturated carbocycles. The summed E-state index contributed by atoms with van der Waals surface area (Å²) in [7, 11) is 0. The minimum Gasteiger partial charge on any atom is -1.00 e. The second kappa shape index (κ2) is 12.6. The van der Waals surface area contributed by atoms with E-state index in [1.54, 1.807) is 43.0 Å². The highest BCUT2D eigenvalue weighted by Gasteiger charge is 2.48. The molecule has 0 bridgehead atoms. The van der Waals surface area contributed by atoms with Crippen LogP contribution in [-0.4, -0.2) is 97.5 Å². The first kappa shape index (κ1) is 30.5. The van der Waals surface area contributed by atoms with Crippen LogP contribution in [0.3, 0.4) is 0 Å². The summed E-state index contributed by atoms with van der Waals surface area (Å²) >= 11 is 0. The number of hydrazone groups is 1. The van der Waals surface area contributed by atoms with E-state index in [4.69, 9.17) is 4.74 Å². The number of β-amino-alcohol motifs (C(OH)–C–C–N with tert-alkyl or cyclic N) is 1. The molecule has 5 rings (SSSR count). The van der Waals surface area contributed by atoms with E-state index in [2.05, 4.69) is 27.0 Å². The van der Waals surface area contributed by atoms with Gasteiger partial charge in [0.1, 0.15) is 28.7 Å². The fourth-order valence-electron chi connectivity index (χ4n) is 4.83. The SMILES string of the molecule is CCC(=O)OCN1[C+]=NN(C[C@@](O)(c2ccc(F)cc2F)[C@@H](C)N2CCN(c3ccc(-n4cnnn4)cc3)C2=O)C1.[Cl-]. The van der Waals surface area contributed by atoms with Gasteiger partial charge < -0.3 is 27.2 Å². The Labute approximate surface area is 246 Å². The third kappa shape index (κ3) is 6.08. The second-order valence-corrected chi connectivity index (χ2v) is 9.67. The summed E-state index contributed by atoms with van der Waals surface area (Å²) in [5.41, 5.74) is -0.865. The number of nitrogens with zero attached hydrogens (tertiary/aromatic N) is 9. The Morgan fingerprint density at radius 2 is 1.90 bits per heavy atom.